The van der Waals surface area contributed by atoms with Crippen molar-refractivity contribution in [2.45, 2.75) is 19.4 Å². The number of carboxylic acids is 1. The second-order valence-electron chi connectivity index (χ2n) is 3.63. The van der Waals surface area contributed by atoms with Crippen molar-refractivity contribution in [3.63, 3.8) is 0 Å². The fourth-order valence-electron chi connectivity index (χ4n) is 0.666. The molecule has 0 fully saturated rings. The molecular formula is C9H17NO4S. The van der Waals surface area contributed by atoms with Crippen molar-refractivity contribution >= 4 is 23.6 Å². The summed E-state index contributed by atoms with van der Waals surface area (Å²) >= 11 is 1.08. The molecule has 0 saturated heterocycles. The zero-order valence-corrected chi connectivity index (χ0v) is 10.0. The van der Waals surface area contributed by atoms with Gasteiger partial charge >= 0.3 is 5.97 Å². The van der Waals surface area contributed by atoms with Crippen molar-refractivity contribution in [3.05, 3.63) is 0 Å². The summed E-state index contributed by atoms with van der Waals surface area (Å²) in [5, 5.41) is 11.0. The molecule has 0 aliphatic carbocycles. The first kappa shape index (κ1) is 14.2. The third kappa shape index (κ3) is 8.26. The monoisotopic (exact) mass is 235 g/mol. The van der Waals surface area contributed by atoms with Gasteiger partial charge in [0.15, 0.2) is 0 Å². The van der Waals surface area contributed by atoms with Gasteiger partial charge < -0.3 is 15.2 Å². The number of rotatable bonds is 7. The molecule has 6 heteroatoms. The highest BCUT2D eigenvalue weighted by Crippen LogP contribution is 2.05. The lowest BCUT2D eigenvalue weighted by molar-refractivity contribution is -0.133. The number of thioether (sulfide) groups is 1. The first-order valence-electron chi connectivity index (χ1n) is 4.49. The molecule has 0 aromatic carbocycles. The molecule has 0 aliphatic heterocycles. The summed E-state index contributed by atoms with van der Waals surface area (Å²) < 4.78 is 5.12. The van der Waals surface area contributed by atoms with Crippen LogP contribution in [0.15, 0.2) is 0 Å². The number of carbonyl (C=O) groups excluding carboxylic acids is 1. The Bertz CT molecular complexity index is 230. The van der Waals surface area contributed by atoms with Crippen molar-refractivity contribution in [2.24, 2.45) is 0 Å². The Morgan fingerprint density at radius 3 is 2.47 bits per heavy atom. The lowest BCUT2D eigenvalue weighted by Gasteiger charge is -2.22. The molecule has 1 amide bonds. The molecule has 0 aromatic heterocycles. The Balaban J connectivity index is 3.62. The third-order valence-corrected chi connectivity index (χ3v) is 2.64. The molecule has 0 aromatic rings. The Hall–Kier alpha value is -0.750. The van der Waals surface area contributed by atoms with Gasteiger partial charge in [0.05, 0.1) is 17.1 Å². The summed E-state index contributed by atoms with van der Waals surface area (Å²) in [6.07, 6.45) is 0. The van der Waals surface area contributed by atoms with Crippen LogP contribution in [0.1, 0.15) is 13.8 Å². The number of amides is 1. The Morgan fingerprint density at radius 2 is 2.00 bits per heavy atom. The topological polar surface area (TPSA) is 75.6 Å². The smallest absolute Gasteiger partial charge is 0.313 e. The van der Waals surface area contributed by atoms with Gasteiger partial charge in [-0.3, -0.25) is 9.59 Å². The molecular weight excluding hydrogens is 218 g/mol. The van der Waals surface area contributed by atoms with E-state index in [0.29, 0.717) is 6.54 Å². The fourth-order valence-corrected chi connectivity index (χ4v) is 1.23. The highest BCUT2D eigenvalue weighted by Gasteiger charge is 2.17. The molecule has 0 rings (SSSR count). The minimum atomic E-state index is -0.912. The van der Waals surface area contributed by atoms with Gasteiger partial charge in [-0.1, -0.05) is 0 Å². The SMILES string of the molecule is COC(C)(C)CNC(=O)CSCC(=O)O. The van der Waals surface area contributed by atoms with Crippen LogP contribution in [-0.2, 0) is 14.3 Å². The van der Waals surface area contributed by atoms with E-state index in [0.717, 1.165) is 11.8 Å². The molecule has 0 heterocycles. The number of carbonyl (C=O) groups is 2. The summed E-state index contributed by atoms with van der Waals surface area (Å²) in [7, 11) is 1.57. The standard InChI is InChI=1S/C9H17NO4S/c1-9(2,14-3)6-10-7(11)4-15-5-8(12)13/h4-6H2,1-3H3,(H,10,11)(H,12,13). The second kappa shape index (κ2) is 6.68. The number of hydrogen-bond donors (Lipinski definition) is 2. The van der Waals surface area contributed by atoms with Crippen molar-refractivity contribution < 1.29 is 19.4 Å². The molecule has 0 spiro atoms. The molecule has 0 atom stereocenters. The summed E-state index contributed by atoms with van der Waals surface area (Å²) in [6, 6.07) is 0. The minimum Gasteiger partial charge on any atom is -0.481 e. The number of carboxylic acid groups (broad SMARTS) is 1. The zero-order chi connectivity index (χ0) is 11.9. The summed E-state index contributed by atoms with van der Waals surface area (Å²) in [5.41, 5.74) is -0.396. The van der Waals surface area contributed by atoms with Gasteiger partial charge in [0, 0.05) is 13.7 Å². The molecule has 88 valence electrons. The summed E-state index contributed by atoms with van der Waals surface area (Å²) in [4.78, 5) is 21.4. The van der Waals surface area contributed by atoms with Crippen LogP contribution in [0, 0.1) is 0 Å². The van der Waals surface area contributed by atoms with E-state index in [9.17, 15) is 9.59 Å². The Labute approximate surface area is 93.6 Å². The third-order valence-electron chi connectivity index (χ3n) is 1.72. The van der Waals surface area contributed by atoms with Crippen LogP contribution in [0.25, 0.3) is 0 Å². The number of hydrogen-bond acceptors (Lipinski definition) is 4. The van der Waals surface area contributed by atoms with Crippen molar-refractivity contribution in [2.75, 3.05) is 25.2 Å². The number of aliphatic carboxylic acids is 1. The van der Waals surface area contributed by atoms with Crippen LogP contribution in [0.2, 0.25) is 0 Å². The molecule has 15 heavy (non-hydrogen) atoms. The van der Waals surface area contributed by atoms with Gasteiger partial charge in [-0.25, -0.2) is 0 Å². The maximum absolute atomic E-state index is 11.2. The van der Waals surface area contributed by atoms with Crippen molar-refractivity contribution in [3.8, 4) is 0 Å². The predicted octanol–water partition coefficient (Wildman–Crippen LogP) is 0.345. The molecule has 5 nitrogen and oxygen atoms in total. The maximum atomic E-state index is 11.2. The van der Waals surface area contributed by atoms with E-state index in [4.69, 9.17) is 9.84 Å². The van der Waals surface area contributed by atoms with Crippen molar-refractivity contribution in [1.29, 1.82) is 0 Å². The van der Waals surface area contributed by atoms with Crippen LogP contribution >= 0.6 is 11.8 Å². The molecule has 2 N–H and O–H groups in total. The molecule has 0 bridgehead atoms. The van der Waals surface area contributed by atoms with Gasteiger partial charge in [0.25, 0.3) is 0 Å². The van der Waals surface area contributed by atoms with E-state index in [-0.39, 0.29) is 17.4 Å². The number of methoxy groups -OCH3 is 1. The van der Waals surface area contributed by atoms with Gasteiger partial charge in [-0.15, -0.1) is 11.8 Å². The van der Waals surface area contributed by atoms with Crippen molar-refractivity contribution in [1.82, 2.24) is 5.32 Å². The fraction of sp³-hybridized carbons (Fsp3) is 0.778. The number of nitrogens with one attached hydrogen (secondary N) is 1. The van der Waals surface area contributed by atoms with Gasteiger partial charge in [-0.05, 0) is 13.8 Å². The average Bonchev–Trinajstić information content (AvgIpc) is 2.14. The van der Waals surface area contributed by atoms with E-state index in [1.165, 1.54) is 0 Å². The maximum Gasteiger partial charge on any atom is 0.313 e. The number of ether oxygens (including phenoxy) is 1. The zero-order valence-electron chi connectivity index (χ0n) is 9.20. The summed E-state index contributed by atoms with van der Waals surface area (Å²) in [5.74, 6) is -0.982. The van der Waals surface area contributed by atoms with E-state index in [1.54, 1.807) is 7.11 Å². The van der Waals surface area contributed by atoms with Crippen LogP contribution in [-0.4, -0.2) is 47.7 Å². The Kier molecular flexibility index (Phi) is 6.35. The predicted molar refractivity (Wildman–Crippen MR) is 59.1 cm³/mol. The van der Waals surface area contributed by atoms with E-state index < -0.39 is 11.6 Å². The normalized spacial score (nSPS) is 11.1. The van der Waals surface area contributed by atoms with Crippen LogP contribution in [0.3, 0.4) is 0 Å². The van der Waals surface area contributed by atoms with Gasteiger partial charge in [-0.2, -0.15) is 0 Å². The first-order valence-corrected chi connectivity index (χ1v) is 5.64. The lowest BCUT2D eigenvalue weighted by Crippen LogP contribution is -2.40. The van der Waals surface area contributed by atoms with Gasteiger partial charge in [0.1, 0.15) is 0 Å². The largest absolute Gasteiger partial charge is 0.481 e. The first-order chi connectivity index (χ1) is 6.87. The highest BCUT2D eigenvalue weighted by molar-refractivity contribution is 8.00. The highest BCUT2D eigenvalue weighted by atomic mass is 32.2. The van der Waals surface area contributed by atoms with Crippen LogP contribution < -0.4 is 5.32 Å². The van der Waals surface area contributed by atoms with E-state index in [1.807, 2.05) is 13.8 Å². The van der Waals surface area contributed by atoms with E-state index >= 15 is 0 Å². The quantitative estimate of drug-likeness (QED) is 0.665. The molecule has 0 radical (unpaired) electrons. The second-order valence-corrected chi connectivity index (χ2v) is 4.61. The summed E-state index contributed by atoms with van der Waals surface area (Å²) in [6.45, 7) is 4.13. The Morgan fingerprint density at radius 1 is 1.40 bits per heavy atom. The van der Waals surface area contributed by atoms with Gasteiger partial charge in [0.2, 0.25) is 5.91 Å². The van der Waals surface area contributed by atoms with E-state index in [2.05, 4.69) is 5.32 Å². The minimum absolute atomic E-state index is 0.0545. The average molecular weight is 235 g/mol. The molecule has 0 unspecified atom stereocenters. The molecule has 0 aliphatic rings. The van der Waals surface area contributed by atoms with Crippen LogP contribution in [0.4, 0.5) is 0 Å². The van der Waals surface area contributed by atoms with Crippen LogP contribution in [0.5, 0.6) is 0 Å². The molecule has 0 saturated carbocycles. The lowest BCUT2D eigenvalue weighted by atomic mass is 10.1.